The lowest BCUT2D eigenvalue weighted by molar-refractivity contribution is 1.39. The smallest absolute Gasteiger partial charge is 0.0823 e. The summed E-state index contributed by atoms with van der Waals surface area (Å²) in [5.74, 6) is 0. The van der Waals surface area contributed by atoms with E-state index in [9.17, 15) is 0 Å². The molecule has 4 rings (SSSR count). The summed E-state index contributed by atoms with van der Waals surface area (Å²) in [6.45, 7) is -0.183. The zero-order valence-corrected chi connectivity index (χ0v) is 13.5. The molecule has 0 bridgehead atoms. The van der Waals surface area contributed by atoms with E-state index in [1.165, 1.54) is 0 Å². The molecule has 0 unspecified atom stereocenters. The van der Waals surface area contributed by atoms with Crippen molar-refractivity contribution < 1.29 is 4.11 Å². The third-order valence-electron chi connectivity index (χ3n) is 3.96. The van der Waals surface area contributed by atoms with Gasteiger partial charge in [-0.3, -0.25) is 0 Å². The van der Waals surface area contributed by atoms with E-state index in [1.54, 1.807) is 23.5 Å². The number of hydrogen-bond donors (Lipinski definition) is 0. The van der Waals surface area contributed by atoms with Crippen LogP contribution in [0.4, 0.5) is 0 Å². The van der Waals surface area contributed by atoms with E-state index in [4.69, 9.17) is 9.10 Å². The van der Waals surface area contributed by atoms with Gasteiger partial charge in [0.1, 0.15) is 0 Å². The number of thiophene rings is 1. The first-order chi connectivity index (χ1) is 12.4. The summed E-state index contributed by atoms with van der Waals surface area (Å²) in [4.78, 5) is 5.73. The lowest BCUT2D eigenvalue weighted by Crippen LogP contribution is -1.84. The van der Waals surface area contributed by atoms with E-state index in [-0.39, 0.29) is 0 Å². The number of benzene rings is 2. The molecule has 4 aromatic rings. The minimum absolute atomic E-state index is 0.396. The van der Waals surface area contributed by atoms with Crippen LogP contribution in [0.1, 0.15) is 15.2 Å². The molecule has 2 heterocycles. The van der Waals surface area contributed by atoms with Gasteiger partial charge in [-0.2, -0.15) is 0 Å². The minimum atomic E-state index is -2.14. The molecule has 2 heteroatoms. The summed E-state index contributed by atoms with van der Waals surface area (Å²) < 4.78 is 24.6. The number of rotatable bonds is 2. The number of hydrogen-bond acceptors (Lipinski definition) is 2. The van der Waals surface area contributed by atoms with Crippen LogP contribution >= 0.6 is 11.3 Å². The molecule has 0 N–H and O–H groups in total. The first-order valence-electron chi connectivity index (χ1n) is 9.00. The second-order valence-corrected chi connectivity index (χ2v) is 6.64. The molecular formula is C21H17NS. The van der Waals surface area contributed by atoms with Gasteiger partial charge in [0.05, 0.1) is 15.9 Å². The lowest BCUT2D eigenvalue weighted by atomic mass is 10.0. The highest BCUT2D eigenvalue weighted by Crippen LogP contribution is 2.37. The molecular weight excluding hydrogens is 298 g/mol. The van der Waals surface area contributed by atoms with Crippen LogP contribution in [0.5, 0.6) is 0 Å². The first kappa shape index (κ1) is 11.1. The van der Waals surface area contributed by atoms with Gasteiger partial charge in [-0.05, 0) is 48.7 Å². The Bertz CT molecular complexity index is 1080. The van der Waals surface area contributed by atoms with Crippen LogP contribution in [-0.4, -0.2) is 4.98 Å². The zero-order chi connectivity index (χ0) is 18.3. The van der Waals surface area contributed by atoms with Gasteiger partial charge >= 0.3 is 0 Å². The maximum atomic E-state index is 7.86. The van der Waals surface area contributed by atoms with Crippen LogP contribution in [0.15, 0.2) is 66.7 Å². The van der Waals surface area contributed by atoms with Crippen LogP contribution in [0.2, 0.25) is 0 Å². The van der Waals surface area contributed by atoms with Crippen molar-refractivity contribution in [3.05, 3.63) is 77.9 Å². The molecule has 1 nitrogen and oxygen atoms in total. The molecule has 0 aliphatic rings. The number of pyridine rings is 1. The van der Waals surface area contributed by atoms with Crippen molar-refractivity contribution in [2.24, 2.45) is 0 Å². The highest BCUT2D eigenvalue weighted by atomic mass is 32.1. The Labute approximate surface area is 144 Å². The fourth-order valence-corrected chi connectivity index (χ4v) is 3.94. The number of nitrogens with zero attached hydrogens (tertiary/aromatic N) is 1. The summed E-state index contributed by atoms with van der Waals surface area (Å²) in [6.07, 6.45) is 0. The van der Waals surface area contributed by atoms with E-state index >= 15 is 0 Å². The Kier molecular flexibility index (Phi) is 2.73. The van der Waals surface area contributed by atoms with Gasteiger partial charge in [0.25, 0.3) is 0 Å². The fraction of sp³-hybridized carbons (Fsp3) is 0.0952. The van der Waals surface area contributed by atoms with Crippen molar-refractivity contribution >= 4 is 21.6 Å². The van der Waals surface area contributed by atoms with Gasteiger partial charge in [-0.1, -0.05) is 48.5 Å². The van der Waals surface area contributed by atoms with Crippen LogP contribution in [0.3, 0.4) is 0 Å². The molecule has 0 fully saturated rings. The lowest BCUT2D eigenvalue weighted by Gasteiger charge is -2.06. The minimum Gasteiger partial charge on any atom is -0.247 e. The van der Waals surface area contributed by atoms with E-state index in [2.05, 4.69) is 6.07 Å². The van der Waals surface area contributed by atoms with Gasteiger partial charge in [-0.15, -0.1) is 11.3 Å². The monoisotopic (exact) mass is 318 g/mol. The molecule has 0 saturated heterocycles. The van der Waals surface area contributed by atoms with E-state index in [1.807, 2.05) is 55.5 Å². The quantitative estimate of drug-likeness (QED) is 0.426. The number of fused-ring (bicyclic) bond motifs is 1. The fourth-order valence-electron chi connectivity index (χ4n) is 2.81. The molecule has 112 valence electrons. The van der Waals surface area contributed by atoms with Gasteiger partial charge in [-0.25, -0.2) is 4.98 Å². The number of aromatic nitrogens is 1. The SMILES string of the molecule is [2H]C([2H])([2H])c1cccc(C)c1-c1cc2nc(-c3ccccc3)ccc2s1. The molecule has 0 saturated carbocycles. The van der Waals surface area contributed by atoms with E-state index in [0.29, 0.717) is 5.56 Å². The van der Waals surface area contributed by atoms with Crippen LogP contribution in [0.25, 0.3) is 31.9 Å². The third kappa shape index (κ3) is 2.55. The second kappa shape index (κ2) is 5.64. The van der Waals surface area contributed by atoms with Crippen molar-refractivity contribution in [3.8, 4) is 21.7 Å². The highest BCUT2D eigenvalue weighted by molar-refractivity contribution is 7.22. The van der Waals surface area contributed by atoms with Crippen molar-refractivity contribution in [1.29, 1.82) is 0 Å². The third-order valence-corrected chi connectivity index (χ3v) is 5.07. The summed E-state index contributed by atoms with van der Waals surface area (Å²) in [7, 11) is 0. The van der Waals surface area contributed by atoms with Crippen molar-refractivity contribution in [3.63, 3.8) is 0 Å². The predicted molar refractivity (Wildman–Crippen MR) is 100.0 cm³/mol. The average Bonchev–Trinajstić information content (AvgIpc) is 3.04. The van der Waals surface area contributed by atoms with Crippen molar-refractivity contribution in [1.82, 2.24) is 4.98 Å². The first-order valence-corrected chi connectivity index (χ1v) is 8.31. The Morgan fingerprint density at radius 1 is 0.913 bits per heavy atom. The van der Waals surface area contributed by atoms with Gasteiger partial charge in [0.2, 0.25) is 0 Å². The molecule has 2 aromatic heterocycles. The van der Waals surface area contributed by atoms with E-state index < -0.39 is 6.85 Å². The van der Waals surface area contributed by atoms with E-state index in [0.717, 1.165) is 37.5 Å². The Morgan fingerprint density at radius 3 is 2.57 bits per heavy atom. The summed E-state index contributed by atoms with van der Waals surface area (Å²) in [5.41, 5.74) is 5.05. The molecule has 0 atom stereocenters. The Hall–Kier alpha value is -2.45. The molecule has 0 aliphatic heterocycles. The van der Waals surface area contributed by atoms with Crippen LogP contribution in [-0.2, 0) is 0 Å². The highest BCUT2D eigenvalue weighted by Gasteiger charge is 2.11. The molecule has 2 aromatic carbocycles. The maximum Gasteiger partial charge on any atom is 0.0823 e. The molecule has 0 radical (unpaired) electrons. The second-order valence-electron chi connectivity index (χ2n) is 5.55. The topological polar surface area (TPSA) is 12.9 Å². The standard InChI is InChI=1S/C21H17NS/c1-14-7-6-8-15(2)21(14)20-13-18-19(23-20)12-11-17(22-18)16-9-4-3-5-10-16/h3-13H,1-2H3/i1D3. The maximum absolute atomic E-state index is 7.86. The summed E-state index contributed by atoms with van der Waals surface area (Å²) >= 11 is 1.59. The van der Waals surface area contributed by atoms with Crippen LogP contribution in [0, 0.1) is 13.8 Å². The number of aryl methyl sites for hydroxylation is 2. The summed E-state index contributed by atoms with van der Waals surface area (Å²) in [6, 6.07) is 21.6. The van der Waals surface area contributed by atoms with Gasteiger partial charge in [0, 0.05) is 14.6 Å². The molecule has 0 aliphatic carbocycles. The zero-order valence-electron chi connectivity index (χ0n) is 15.7. The predicted octanol–water partition coefficient (Wildman–Crippen LogP) is 6.25. The largest absolute Gasteiger partial charge is 0.247 e. The van der Waals surface area contributed by atoms with Crippen molar-refractivity contribution in [2.75, 3.05) is 0 Å². The van der Waals surface area contributed by atoms with Gasteiger partial charge in [0.15, 0.2) is 0 Å². The molecule has 0 spiro atoms. The molecule has 23 heavy (non-hydrogen) atoms. The molecule has 0 amide bonds. The Morgan fingerprint density at radius 2 is 1.74 bits per heavy atom. The summed E-state index contributed by atoms with van der Waals surface area (Å²) in [5, 5.41) is 0. The normalized spacial score (nSPS) is 13.5. The van der Waals surface area contributed by atoms with Gasteiger partial charge < -0.3 is 0 Å². The van der Waals surface area contributed by atoms with Crippen LogP contribution < -0.4 is 0 Å². The Balaban J connectivity index is 1.87. The average molecular weight is 318 g/mol. The van der Waals surface area contributed by atoms with Crippen molar-refractivity contribution in [2.45, 2.75) is 13.8 Å².